The molecule has 2 aromatic carbocycles. The second-order valence-corrected chi connectivity index (χ2v) is 11.5. The van der Waals surface area contributed by atoms with Crippen LogP contribution in [0.2, 0.25) is 0 Å². The van der Waals surface area contributed by atoms with Gasteiger partial charge in [0.15, 0.2) is 19.7 Å². The van der Waals surface area contributed by atoms with E-state index in [9.17, 15) is 26.0 Å². The minimum absolute atomic E-state index is 0.00303. The van der Waals surface area contributed by atoms with Crippen molar-refractivity contribution in [3.8, 4) is 0 Å². The number of rotatable bonds is 7. The zero-order valence-corrected chi connectivity index (χ0v) is 17.3. The van der Waals surface area contributed by atoms with Gasteiger partial charge >= 0.3 is 0 Å². The fourth-order valence-electron chi connectivity index (χ4n) is 3.29. The van der Waals surface area contributed by atoms with Crippen LogP contribution in [0, 0.1) is 5.82 Å². The predicted molar refractivity (Wildman–Crippen MR) is 108 cm³/mol. The monoisotopic (exact) mass is 439 g/mol. The molecule has 3 rings (SSSR count). The van der Waals surface area contributed by atoms with Crippen molar-refractivity contribution in [1.29, 1.82) is 0 Å². The highest BCUT2D eigenvalue weighted by Gasteiger charge is 2.38. The summed E-state index contributed by atoms with van der Waals surface area (Å²) in [6, 6.07) is 12.7. The Kier molecular flexibility index (Phi) is 6.38. The third kappa shape index (κ3) is 5.22. The second-order valence-electron chi connectivity index (χ2n) is 7.06. The second kappa shape index (κ2) is 8.62. The zero-order valence-electron chi connectivity index (χ0n) is 15.7. The lowest BCUT2D eigenvalue weighted by Gasteiger charge is -2.12. The van der Waals surface area contributed by atoms with Crippen molar-refractivity contribution in [2.45, 2.75) is 29.4 Å². The average molecular weight is 440 g/mol. The summed E-state index contributed by atoms with van der Waals surface area (Å²) >= 11 is 0. The summed E-state index contributed by atoms with van der Waals surface area (Å²) in [5.74, 6) is -2.17. The lowest BCUT2D eigenvalue weighted by Crippen LogP contribution is -2.27. The summed E-state index contributed by atoms with van der Waals surface area (Å²) in [7, 11) is -7.36. The summed E-state index contributed by atoms with van der Waals surface area (Å²) in [5, 5.41) is 1.53. The van der Waals surface area contributed by atoms with Gasteiger partial charge in [-0.15, -0.1) is 0 Å². The Morgan fingerprint density at radius 2 is 1.86 bits per heavy atom. The number of benzene rings is 2. The molecule has 29 heavy (non-hydrogen) atoms. The molecule has 9 heteroatoms. The van der Waals surface area contributed by atoms with Crippen LogP contribution in [0.1, 0.15) is 28.8 Å². The van der Waals surface area contributed by atoms with Crippen LogP contribution in [0.4, 0.5) is 4.39 Å². The Morgan fingerprint density at radius 3 is 2.52 bits per heavy atom. The molecule has 0 radical (unpaired) electrons. The summed E-state index contributed by atoms with van der Waals surface area (Å²) in [4.78, 5) is 12.1. The molecule has 1 aliphatic rings. The molecule has 1 fully saturated rings. The van der Waals surface area contributed by atoms with E-state index in [2.05, 4.69) is 5.32 Å². The Bertz CT molecular complexity index is 1100. The molecular weight excluding hydrogens is 417 g/mol. The number of nitrogens with one attached hydrogen (secondary N) is 1. The third-order valence-corrected chi connectivity index (χ3v) is 9.08. The molecule has 0 aromatic heterocycles. The average Bonchev–Trinajstić information content (AvgIpc) is 3.06. The van der Waals surface area contributed by atoms with E-state index in [1.54, 1.807) is 0 Å². The number of halogens is 1. The molecule has 0 aliphatic carbocycles. The van der Waals surface area contributed by atoms with Gasteiger partial charge in [-0.2, -0.15) is 0 Å². The fourth-order valence-corrected chi connectivity index (χ4v) is 7.67. The molecule has 1 unspecified atom stereocenters. The van der Waals surface area contributed by atoms with E-state index in [0.717, 1.165) is 30.2 Å². The van der Waals surface area contributed by atoms with Gasteiger partial charge in [0.25, 0.3) is 5.91 Å². The molecular formula is C20H22FNO5S2. The number of aryl methyl sites for hydroxylation is 1. The molecule has 1 atom stereocenters. The maximum absolute atomic E-state index is 14.1. The van der Waals surface area contributed by atoms with Crippen molar-refractivity contribution in [2.75, 3.05) is 18.1 Å². The van der Waals surface area contributed by atoms with Gasteiger partial charge in [-0.05, 0) is 43.0 Å². The van der Waals surface area contributed by atoms with Crippen molar-refractivity contribution in [3.05, 3.63) is 65.5 Å². The van der Waals surface area contributed by atoms with Gasteiger partial charge in [-0.25, -0.2) is 21.2 Å². The molecule has 2 aromatic rings. The number of sulfone groups is 2. The fraction of sp³-hybridized carbons (Fsp3) is 0.350. The first-order valence-electron chi connectivity index (χ1n) is 9.25. The van der Waals surface area contributed by atoms with E-state index < -0.39 is 42.4 Å². The van der Waals surface area contributed by atoms with Gasteiger partial charge in [0, 0.05) is 6.54 Å². The number of amides is 1. The minimum Gasteiger partial charge on any atom is -0.352 e. The maximum Gasteiger partial charge on any atom is 0.254 e. The molecule has 1 amide bonds. The molecule has 0 saturated carbocycles. The van der Waals surface area contributed by atoms with Gasteiger partial charge < -0.3 is 5.32 Å². The van der Waals surface area contributed by atoms with Crippen LogP contribution in [0.15, 0.2) is 53.4 Å². The summed E-state index contributed by atoms with van der Waals surface area (Å²) in [6.45, 7) is 0.311. The number of carbonyl (C=O) groups is 1. The van der Waals surface area contributed by atoms with E-state index in [1.165, 1.54) is 0 Å². The molecule has 1 saturated heterocycles. The highest BCUT2D eigenvalue weighted by molar-refractivity contribution is 7.96. The molecule has 1 heterocycles. The highest BCUT2D eigenvalue weighted by Crippen LogP contribution is 2.26. The molecule has 6 nitrogen and oxygen atoms in total. The first kappa shape index (κ1) is 21.4. The van der Waals surface area contributed by atoms with Crippen molar-refractivity contribution >= 4 is 25.6 Å². The van der Waals surface area contributed by atoms with Gasteiger partial charge in [0.1, 0.15) is 5.82 Å². The Balaban J connectivity index is 1.67. The largest absolute Gasteiger partial charge is 0.352 e. The maximum atomic E-state index is 14.1. The van der Waals surface area contributed by atoms with Crippen LogP contribution in [0.5, 0.6) is 0 Å². The molecule has 1 N–H and O–H groups in total. The molecule has 1 aliphatic heterocycles. The first-order chi connectivity index (χ1) is 13.7. The highest BCUT2D eigenvalue weighted by atomic mass is 32.2. The van der Waals surface area contributed by atoms with Crippen LogP contribution in [-0.4, -0.2) is 46.0 Å². The normalized spacial score (nSPS) is 18.4. The van der Waals surface area contributed by atoms with Crippen LogP contribution >= 0.6 is 0 Å². The van der Waals surface area contributed by atoms with Crippen LogP contribution in [0.25, 0.3) is 0 Å². The van der Waals surface area contributed by atoms with Crippen LogP contribution in [0.3, 0.4) is 0 Å². The first-order valence-corrected chi connectivity index (χ1v) is 12.6. The van der Waals surface area contributed by atoms with E-state index in [0.29, 0.717) is 13.0 Å². The zero-order chi connectivity index (χ0) is 21.1. The summed E-state index contributed by atoms with van der Waals surface area (Å²) in [5.41, 5.74) is 0.749. The van der Waals surface area contributed by atoms with Gasteiger partial charge in [0.2, 0.25) is 0 Å². The van der Waals surface area contributed by atoms with Crippen molar-refractivity contribution in [3.63, 3.8) is 0 Å². The smallest absolute Gasteiger partial charge is 0.254 e. The summed E-state index contributed by atoms with van der Waals surface area (Å²) in [6.07, 6.45) is 1.40. The van der Waals surface area contributed by atoms with Gasteiger partial charge in [-0.3, -0.25) is 4.79 Å². The number of carbonyl (C=O) groups excluding carboxylic acids is 1. The van der Waals surface area contributed by atoms with Crippen LogP contribution < -0.4 is 5.32 Å². The lowest BCUT2D eigenvalue weighted by molar-refractivity contribution is 0.0949. The quantitative estimate of drug-likeness (QED) is 0.527. The topological polar surface area (TPSA) is 97.4 Å². The van der Waals surface area contributed by atoms with Gasteiger partial charge in [-0.1, -0.05) is 30.3 Å². The summed E-state index contributed by atoms with van der Waals surface area (Å²) < 4.78 is 62.8. The van der Waals surface area contributed by atoms with Crippen molar-refractivity contribution < 1.29 is 26.0 Å². The van der Waals surface area contributed by atoms with Gasteiger partial charge in [0.05, 0.1) is 27.2 Å². The molecule has 156 valence electrons. The Morgan fingerprint density at radius 1 is 1.14 bits per heavy atom. The van der Waals surface area contributed by atoms with Crippen LogP contribution in [-0.2, 0) is 26.1 Å². The third-order valence-electron chi connectivity index (χ3n) is 4.91. The Labute approximate surface area is 170 Å². The molecule has 0 bridgehead atoms. The van der Waals surface area contributed by atoms with Crippen molar-refractivity contribution in [1.82, 2.24) is 5.32 Å². The van der Waals surface area contributed by atoms with E-state index >= 15 is 0 Å². The number of hydrogen-bond acceptors (Lipinski definition) is 5. The van der Waals surface area contributed by atoms with E-state index in [4.69, 9.17) is 0 Å². The standard InChI is InChI=1S/C20H22FNO5S2/c21-19-9-8-16(29(26,27)17-10-12-28(24,25)14-17)13-18(19)20(23)22-11-4-7-15-5-2-1-3-6-15/h1-3,5-6,8-9,13,17H,4,7,10-12,14H2,(H,22,23). The van der Waals surface area contributed by atoms with E-state index in [-0.39, 0.29) is 22.6 Å². The molecule has 0 spiro atoms. The predicted octanol–water partition coefficient (Wildman–Crippen LogP) is 2.15. The lowest BCUT2D eigenvalue weighted by atomic mass is 10.1. The van der Waals surface area contributed by atoms with E-state index in [1.807, 2.05) is 30.3 Å². The SMILES string of the molecule is O=C(NCCCc1ccccc1)c1cc(S(=O)(=O)C2CCS(=O)(=O)C2)ccc1F. The van der Waals surface area contributed by atoms with Crippen molar-refractivity contribution in [2.24, 2.45) is 0 Å². The number of hydrogen-bond donors (Lipinski definition) is 1. The minimum atomic E-state index is -3.97. The Hall–Kier alpha value is -2.26.